The number of imidazole rings is 1. The van der Waals surface area contributed by atoms with E-state index in [0.717, 1.165) is 37.2 Å². The van der Waals surface area contributed by atoms with Crippen molar-refractivity contribution in [3.05, 3.63) is 50.8 Å². The molecule has 0 aliphatic heterocycles. The zero-order chi connectivity index (χ0) is 14.3. The minimum absolute atomic E-state index is 0.328. The third-order valence-electron chi connectivity index (χ3n) is 3.09. The minimum Gasteiger partial charge on any atom is -0.278 e. The number of hydrogen-bond donors (Lipinski definition) is 0. The molecule has 0 bridgehead atoms. The zero-order valence-corrected chi connectivity index (χ0v) is 14.5. The smallest absolute Gasteiger partial charge is 0.165 e. The summed E-state index contributed by atoms with van der Waals surface area (Å²) in [7, 11) is 0. The number of alkyl halides is 1. The number of fused-ring (bicyclic) bond motifs is 1. The first kappa shape index (κ1) is 14.0. The maximum Gasteiger partial charge on any atom is 0.165 e. The molecule has 2 aromatic heterocycles. The zero-order valence-electron chi connectivity index (χ0n) is 10.6. The van der Waals surface area contributed by atoms with Crippen molar-refractivity contribution < 1.29 is 0 Å². The van der Waals surface area contributed by atoms with E-state index in [2.05, 4.69) is 41.8 Å². The molecule has 0 aliphatic rings. The Balaban J connectivity index is 2.40. The van der Waals surface area contributed by atoms with Crippen LogP contribution in [0.3, 0.4) is 0 Å². The van der Waals surface area contributed by atoms with Crippen molar-refractivity contribution in [3.63, 3.8) is 0 Å². The van der Waals surface area contributed by atoms with E-state index in [4.69, 9.17) is 11.6 Å². The monoisotopic (exact) mass is 413 g/mol. The molecule has 6 heteroatoms. The molecule has 3 aromatic rings. The molecule has 0 aliphatic carbocycles. The number of benzene rings is 1. The van der Waals surface area contributed by atoms with Crippen LogP contribution in [-0.4, -0.2) is 14.5 Å². The van der Waals surface area contributed by atoms with Gasteiger partial charge in [0.05, 0.1) is 11.6 Å². The molecule has 0 spiro atoms. The van der Waals surface area contributed by atoms with Crippen molar-refractivity contribution in [2.75, 3.05) is 0 Å². The molecule has 3 nitrogen and oxygen atoms in total. The molecule has 0 atom stereocenters. The Kier molecular flexibility index (Phi) is 3.84. The van der Waals surface area contributed by atoms with Crippen LogP contribution in [0.5, 0.6) is 0 Å². The van der Waals surface area contributed by atoms with E-state index < -0.39 is 0 Å². The van der Waals surface area contributed by atoms with Crippen molar-refractivity contribution >= 4 is 54.6 Å². The first-order chi connectivity index (χ1) is 9.61. The Hall–Kier alpha value is -0.910. The summed E-state index contributed by atoms with van der Waals surface area (Å²) in [5.41, 5.74) is 3.76. The number of nitrogens with zero attached hydrogens (tertiary/aromatic N) is 3. The van der Waals surface area contributed by atoms with Gasteiger partial charge in [0, 0.05) is 15.1 Å². The first-order valence-corrected chi connectivity index (χ1v) is 8.08. The van der Waals surface area contributed by atoms with Gasteiger partial charge in [0.15, 0.2) is 5.65 Å². The summed E-state index contributed by atoms with van der Waals surface area (Å²) in [6.45, 7) is 2.02. The second-order valence-corrected chi connectivity index (χ2v) is 6.43. The second kappa shape index (κ2) is 5.47. The third-order valence-corrected chi connectivity index (χ3v) is 4.49. The molecule has 2 heterocycles. The van der Waals surface area contributed by atoms with E-state index in [-0.39, 0.29) is 0 Å². The lowest BCUT2D eigenvalue weighted by Crippen LogP contribution is -2.01. The van der Waals surface area contributed by atoms with Crippen LogP contribution in [-0.2, 0) is 5.88 Å². The molecular weight excluding hydrogens is 405 g/mol. The van der Waals surface area contributed by atoms with Gasteiger partial charge in [-0.25, -0.2) is 9.97 Å². The standard InChI is InChI=1S/C14H10Br2ClN3/c1-8-4-5-18-14-13(8)19-12(7-17)20(14)11-6-9(15)2-3-10(11)16/h2-6H,7H2,1H3. The van der Waals surface area contributed by atoms with Crippen molar-refractivity contribution in [1.82, 2.24) is 14.5 Å². The average Bonchev–Trinajstić information content (AvgIpc) is 2.81. The SMILES string of the molecule is Cc1ccnc2c1nc(CCl)n2-c1cc(Br)ccc1Br. The Morgan fingerprint density at radius 2 is 2.05 bits per heavy atom. The number of hydrogen-bond acceptors (Lipinski definition) is 2. The van der Waals surface area contributed by atoms with Gasteiger partial charge < -0.3 is 0 Å². The molecular formula is C14H10Br2ClN3. The summed E-state index contributed by atoms with van der Waals surface area (Å²) in [6.07, 6.45) is 1.79. The van der Waals surface area contributed by atoms with E-state index in [9.17, 15) is 0 Å². The fraction of sp³-hybridized carbons (Fsp3) is 0.143. The molecule has 3 rings (SSSR count). The quantitative estimate of drug-likeness (QED) is 0.552. The van der Waals surface area contributed by atoms with Crippen molar-refractivity contribution in [2.45, 2.75) is 12.8 Å². The van der Waals surface area contributed by atoms with Crippen LogP contribution in [0, 0.1) is 6.92 Å². The highest BCUT2D eigenvalue weighted by Crippen LogP contribution is 2.30. The molecule has 1 aromatic carbocycles. The highest BCUT2D eigenvalue weighted by atomic mass is 79.9. The summed E-state index contributed by atoms with van der Waals surface area (Å²) < 4.78 is 3.95. The van der Waals surface area contributed by atoms with Gasteiger partial charge in [-0.1, -0.05) is 15.9 Å². The van der Waals surface area contributed by atoms with Crippen molar-refractivity contribution in [2.24, 2.45) is 0 Å². The molecule has 0 radical (unpaired) electrons. The average molecular weight is 416 g/mol. The first-order valence-electron chi connectivity index (χ1n) is 5.96. The molecule has 0 saturated heterocycles. The van der Waals surface area contributed by atoms with Gasteiger partial charge in [0.25, 0.3) is 0 Å². The van der Waals surface area contributed by atoms with Crippen LogP contribution >= 0.6 is 43.5 Å². The molecule has 0 saturated carbocycles. The Morgan fingerprint density at radius 3 is 2.80 bits per heavy atom. The lowest BCUT2D eigenvalue weighted by Gasteiger charge is -2.10. The van der Waals surface area contributed by atoms with Crippen LogP contribution < -0.4 is 0 Å². The van der Waals surface area contributed by atoms with Crippen LogP contribution in [0.1, 0.15) is 11.4 Å². The van der Waals surface area contributed by atoms with Crippen molar-refractivity contribution in [1.29, 1.82) is 0 Å². The van der Waals surface area contributed by atoms with Gasteiger partial charge in [0.1, 0.15) is 11.3 Å². The summed E-state index contributed by atoms with van der Waals surface area (Å²) in [5, 5.41) is 0. The van der Waals surface area contributed by atoms with Gasteiger partial charge in [-0.2, -0.15) is 0 Å². The Bertz CT molecular complexity index is 798. The number of aromatic nitrogens is 3. The van der Waals surface area contributed by atoms with Gasteiger partial charge >= 0.3 is 0 Å². The fourth-order valence-corrected chi connectivity index (χ4v) is 3.09. The fourth-order valence-electron chi connectivity index (χ4n) is 2.14. The molecule has 20 heavy (non-hydrogen) atoms. The Morgan fingerprint density at radius 1 is 1.25 bits per heavy atom. The van der Waals surface area contributed by atoms with Crippen LogP contribution in [0.2, 0.25) is 0 Å². The van der Waals surface area contributed by atoms with Crippen LogP contribution in [0.4, 0.5) is 0 Å². The number of rotatable bonds is 2. The maximum absolute atomic E-state index is 6.06. The van der Waals surface area contributed by atoms with E-state index in [1.807, 2.05) is 35.8 Å². The number of aryl methyl sites for hydroxylation is 1. The molecule has 0 N–H and O–H groups in total. The molecule has 102 valence electrons. The summed E-state index contributed by atoms with van der Waals surface area (Å²) in [6, 6.07) is 7.93. The normalized spacial score (nSPS) is 11.2. The molecule has 0 unspecified atom stereocenters. The van der Waals surface area contributed by atoms with Crippen LogP contribution in [0.25, 0.3) is 16.9 Å². The van der Waals surface area contributed by atoms with Gasteiger partial charge in [-0.05, 0) is 52.7 Å². The number of pyridine rings is 1. The number of halogens is 3. The van der Waals surface area contributed by atoms with Gasteiger partial charge in [-0.15, -0.1) is 11.6 Å². The van der Waals surface area contributed by atoms with E-state index in [1.54, 1.807) is 6.20 Å². The Labute approximate surface area is 138 Å². The topological polar surface area (TPSA) is 30.7 Å². The third kappa shape index (κ3) is 2.28. The maximum atomic E-state index is 6.06. The predicted molar refractivity (Wildman–Crippen MR) is 88.6 cm³/mol. The second-order valence-electron chi connectivity index (χ2n) is 4.39. The van der Waals surface area contributed by atoms with Crippen molar-refractivity contribution in [3.8, 4) is 5.69 Å². The van der Waals surface area contributed by atoms with E-state index >= 15 is 0 Å². The lowest BCUT2D eigenvalue weighted by atomic mass is 10.2. The lowest BCUT2D eigenvalue weighted by molar-refractivity contribution is 0.964. The summed E-state index contributed by atoms with van der Waals surface area (Å²) >= 11 is 13.1. The van der Waals surface area contributed by atoms with Gasteiger partial charge in [0.2, 0.25) is 0 Å². The molecule has 0 fully saturated rings. The highest BCUT2D eigenvalue weighted by Gasteiger charge is 2.16. The van der Waals surface area contributed by atoms with Crippen LogP contribution in [0.15, 0.2) is 39.4 Å². The van der Waals surface area contributed by atoms with E-state index in [0.29, 0.717) is 5.88 Å². The largest absolute Gasteiger partial charge is 0.278 e. The minimum atomic E-state index is 0.328. The summed E-state index contributed by atoms with van der Waals surface area (Å²) in [5.74, 6) is 1.11. The molecule has 0 amide bonds. The highest BCUT2D eigenvalue weighted by molar-refractivity contribution is 9.11. The van der Waals surface area contributed by atoms with Gasteiger partial charge in [-0.3, -0.25) is 4.57 Å². The predicted octanol–water partition coefficient (Wildman–Crippen LogP) is 4.99. The summed E-state index contributed by atoms with van der Waals surface area (Å²) in [4.78, 5) is 9.07. The van der Waals surface area contributed by atoms with E-state index in [1.165, 1.54) is 0 Å².